The van der Waals surface area contributed by atoms with Crippen LogP contribution in [0, 0.1) is 5.92 Å². The van der Waals surface area contributed by atoms with Crippen LogP contribution in [0.25, 0.3) is 5.69 Å². The summed E-state index contributed by atoms with van der Waals surface area (Å²) in [6.07, 6.45) is 2.52. The molecule has 1 aromatic heterocycles. The van der Waals surface area contributed by atoms with Gasteiger partial charge in [-0.2, -0.15) is 5.10 Å². The Morgan fingerprint density at radius 1 is 1.31 bits per heavy atom. The van der Waals surface area contributed by atoms with E-state index >= 15 is 0 Å². The molecule has 2 rings (SSSR count). The topological polar surface area (TPSA) is 67.2 Å². The summed E-state index contributed by atoms with van der Waals surface area (Å²) in [7, 11) is 0. The van der Waals surface area contributed by atoms with Gasteiger partial charge < -0.3 is 10.4 Å². The molecule has 0 aliphatic rings. The second-order valence-electron chi connectivity index (χ2n) is 8.05. The molecular weight excluding hydrogens is 350 g/mol. The Bertz CT molecular complexity index is 763. The van der Waals surface area contributed by atoms with Gasteiger partial charge in [-0.3, -0.25) is 4.79 Å². The predicted octanol–water partition coefficient (Wildman–Crippen LogP) is 4.41. The van der Waals surface area contributed by atoms with Gasteiger partial charge in [0.15, 0.2) is 0 Å². The zero-order valence-electron chi connectivity index (χ0n) is 16.1. The van der Waals surface area contributed by atoms with E-state index in [2.05, 4.69) is 26.1 Å². The molecule has 5 nitrogen and oxygen atoms in total. The highest BCUT2D eigenvalue weighted by Crippen LogP contribution is 2.27. The number of carbonyl (C=O) groups is 1. The number of halogens is 1. The van der Waals surface area contributed by atoms with Crippen LogP contribution in [0.5, 0.6) is 0 Å². The van der Waals surface area contributed by atoms with E-state index in [0.717, 1.165) is 16.9 Å². The zero-order valence-corrected chi connectivity index (χ0v) is 16.8. The molecular formula is C20H28ClN3O2. The molecule has 1 aromatic carbocycles. The van der Waals surface area contributed by atoms with Crippen molar-refractivity contribution >= 4 is 17.6 Å². The summed E-state index contributed by atoms with van der Waals surface area (Å²) in [4.78, 5) is 11.5. The maximum absolute atomic E-state index is 11.5. The van der Waals surface area contributed by atoms with Crippen LogP contribution in [0.15, 0.2) is 30.5 Å². The minimum Gasteiger partial charge on any atom is -0.480 e. The quantitative estimate of drug-likeness (QED) is 0.749. The number of nitrogens with zero attached hydrogens (tertiary/aromatic N) is 2. The van der Waals surface area contributed by atoms with Gasteiger partial charge >= 0.3 is 5.97 Å². The molecule has 0 radical (unpaired) electrons. The maximum Gasteiger partial charge on any atom is 0.320 e. The summed E-state index contributed by atoms with van der Waals surface area (Å²) < 4.78 is 1.78. The van der Waals surface area contributed by atoms with Crippen LogP contribution in [-0.2, 0) is 16.8 Å². The molecule has 0 amide bonds. The molecule has 0 fully saturated rings. The average Bonchev–Trinajstić information content (AvgIpc) is 2.95. The van der Waals surface area contributed by atoms with Crippen LogP contribution in [0.2, 0.25) is 5.02 Å². The van der Waals surface area contributed by atoms with Crippen LogP contribution in [0.4, 0.5) is 0 Å². The van der Waals surface area contributed by atoms with E-state index in [0.29, 0.717) is 23.9 Å². The van der Waals surface area contributed by atoms with Crippen LogP contribution >= 0.6 is 11.6 Å². The number of carboxylic acid groups (broad SMARTS) is 1. The van der Waals surface area contributed by atoms with Crippen molar-refractivity contribution in [1.29, 1.82) is 0 Å². The summed E-state index contributed by atoms with van der Waals surface area (Å²) >= 11 is 6.31. The van der Waals surface area contributed by atoms with E-state index in [1.165, 1.54) is 0 Å². The van der Waals surface area contributed by atoms with Crippen LogP contribution in [-0.4, -0.2) is 26.9 Å². The molecule has 6 heteroatoms. The predicted molar refractivity (Wildman–Crippen MR) is 105 cm³/mol. The van der Waals surface area contributed by atoms with E-state index in [-0.39, 0.29) is 5.41 Å². The van der Waals surface area contributed by atoms with Gasteiger partial charge in [0.05, 0.1) is 16.4 Å². The first-order valence-corrected chi connectivity index (χ1v) is 9.27. The number of aromatic nitrogens is 2. The van der Waals surface area contributed by atoms with Crippen molar-refractivity contribution in [1.82, 2.24) is 15.1 Å². The van der Waals surface area contributed by atoms with Crippen molar-refractivity contribution in [2.45, 2.75) is 59.0 Å². The van der Waals surface area contributed by atoms with Crippen LogP contribution in [0.3, 0.4) is 0 Å². The van der Waals surface area contributed by atoms with Crippen molar-refractivity contribution in [2.24, 2.45) is 5.92 Å². The second kappa shape index (κ2) is 8.23. The third-order valence-corrected chi connectivity index (χ3v) is 4.46. The maximum atomic E-state index is 11.5. The lowest BCUT2D eigenvalue weighted by Gasteiger charge is -2.20. The largest absolute Gasteiger partial charge is 0.480 e. The highest BCUT2D eigenvalue weighted by molar-refractivity contribution is 6.32. The first kappa shape index (κ1) is 20.5. The highest BCUT2D eigenvalue weighted by atomic mass is 35.5. The molecule has 0 saturated heterocycles. The molecule has 0 unspecified atom stereocenters. The van der Waals surface area contributed by atoms with Gasteiger partial charge in [0.1, 0.15) is 6.04 Å². The van der Waals surface area contributed by atoms with Crippen molar-refractivity contribution in [3.05, 3.63) is 46.7 Å². The molecule has 1 atom stereocenters. The number of hydrogen-bond acceptors (Lipinski definition) is 3. The third kappa shape index (κ3) is 5.08. The molecule has 2 N–H and O–H groups in total. The van der Waals surface area contributed by atoms with Crippen LogP contribution < -0.4 is 5.32 Å². The lowest BCUT2D eigenvalue weighted by atomic mass is 9.89. The Morgan fingerprint density at radius 2 is 1.96 bits per heavy atom. The lowest BCUT2D eigenvalue weighted by molar-refractivity contribution is -0.140. The number of aliphatic carboxylic acids is 1. The molecule has 0 aliphatic carbocycles. The normalized spacial score (nSPS) is 13.2. The van der Waals surface area contributed by atoms with Gasteiger partial charge in [-0.1, -0.05) is 58.4 Å². The van der Waals surface area contributed by atoms with Gasteiger partial charge in [-0.25, -0.2) is 4.68 Å². The molecule has 0 bridgehead atoms. The summed E-state index contributed by atoms with van der Waals surface area (Å²) in [5, 5.41) is 18.0. The van der Waals surface area contributed by atoms with Crippen molar-refractivity contribution in [2.75, 3.05) is 0 Å². The average molecular weight is 378 g/mol. The summed E-state index contributed by atoms with van der Waals surface area (Å²) in [5.74, 6) is -0.522. The van der Waals surface area contributed by atoms with Crippen LogP contribution in [0.1, 0.15) is 52.3 Å². The molecule has 2 aromatic rings. The van der Waals surface area contributed by atoms with Crippen molar-refractivity contribution in [3.8, 4) is 5.69 Å². The van der Waals surface area contributed by atoms with E-state index < -0.39 is 12.0 Å². The van der Waals surface area contributed by atoms with E-state index in [1.807, 2.05) is 44.3 Å². The molecule has 26 heavy (non-hydrogen) atoms. The Labute approximate surface area is 160 Å². The third-order valence-electron chi connectivity index (χ3n) is 4.14. The standard InChI is InChI=1S/C20H28ClN3O2/c1-13(2)10-16(19(25)26)22-11-14-12-24(23-18(14)20(3,4)5)17-9-7-6-8-15(17)21/h6-9,12-13,16,22H,10-11H2,1-5H3,(H,25,26)/t16-/m1/s1. The van der Waals surface area contributed by atoms with E-state index in [1.54, 1.807) is 4.68 Å². The summed E-state index contributed by atoms with van der Waals surface area (Å²) in [6, 6.07) is 6.96. The Morgan fingerprint density at radius 3 is 2.50 bits per heavy atom. The van der Waals surface area contributed by atoms with E-state index in [4.69, 9.17) is 16.7 Å². The molecule has 0 spiro atoms. The second-order valence-corrected chi connectivity index (χ2v) is 8.46. The van der Waals surface area contributed by atoms with Gasteiger partial charge in [0, 0.05) is 23.7 Å². The lowest BCUT2D eigenvalue weighted by Crippen LogP contribution is -2.37. The van der Waals surface area contributed by atoms with Gasteiger partial charge in [0.2, 0.25) is 0 Å². The minimum absolute atomic E-state index is 0.166. The smallest absolute Gasteiger partial charge is 0.320 e. The number of benzene rings is 1. The van der Waals surface area contributed by atoms with Crippen molar-refractivity contribution in [3.63, 3.8) is 0 Å². The van der Waals surface area contributed by atoms with Gasteiger partial charge in [0.25, 0.3) is 0 Å². The fourth-order valence-electron chi connectivity index (χ4n) is 2.91. The first-order valence-electron chi connectivity index (χ1n) is 8.89. The van der Waals surface area contributed by atoms with E-state index in [9.17, 15) is 9.90 Å². The minimum atomic E-state index is -0.825. The SMILES string of the molecule is CC(C)C[C@@H](NCc1cn(-c2ccccc2Cl)nc1C(C)(C)C)C(=O)O. The molecule has 1 heterocycles. The molecule has 142 valence electrons. The number of carboxylic acids is 1. The Hall–Kier alpha value is -1.85. The Balaban J connectivity index is 2.32. The summed E-state index contributed by atoms with van der Waals surface area (Å²) in [6.45, 7) is 10.8. The molecule has 0 aliphatic heterocycles. The number of hydrogen-bond donors (Lipinski definition) is 2. The van der Waals surface area contributed by atoms with Crippen molar-refractivity contribution < 1.29 is 9.90 Å². The molecule has 0 saturated carbocycles. The fraction of sp³-hybridized carbons (Fsp3) is 0.500. The number of para-hydroxylation sites is 1. The summed E-state index contributed by atoms with van der Waals surface area (Å²) in [5.41, 5.74) is 2.55. The fourth-order valence-corrected chi connectivity index (χ4v) is 3.13. The highest BCUT2D eigenvalue weighted by Gasteiger charge is 2.25. The monoisotopic (exact) mass is 377 g/mol. The first-order chi connectivity index (χ1) is 12.1. The number of nitrogens with one attached hydrogen (secondary N) is 1. The number of rotatable bonds is 7. The Kier molecular flexibility index (Phi) is 6.48. The zero-order chi connectivity index (χ0) is 19.5. The van der Waals surface area contributed by atoms with Gasteiger partial charge in [-0.05, 0) is 24.5 Å². The van der Waals surface area contributed by atoms with Gasteiger partial charge in [-0.15, -0.1) is 0 Å².